The van der Waals surface area contributed by atoms with Crippen molar-refractivity contribution in [3.8, 4) is 5.75 Å². The van der Waals surface area contributed by atoms with E-state index in [1.807, 2.05) is 24.3 Å². The molecule has 19 heavy (non-hydrogen) atoms. The van der Waals surface area contributed by atoms with Crippen LogP contribution in [0.3, 0.4) is 0 Å². The lowest BCUT2D eigenvalue weighted by Gasteiger charge is -2.11. The van der Waals surface area contributed by atoms with Crippen LogP contribution in [-0.4, -0.2) is 32.7 Å². The topological polar surface area (TPSA) is 45.7 Å². The van der Waals surface area contributed by atoms with Crippen molar-refractivity contribution in [1.82, 2.24) is 10.6 Å². The van der Waals surface area contributed by atoms with Gasteiger partial charge in [0.25, 0.3) is 0 Å². The van der Waals surface area contributed by atoms with Gasteiger partial charge >= 0.3 is 0 Å². The van der Waals surface area contributed by atoms with Gasteiger partial charge in [-0.3, -0.25) is 4.99 Å². The fourth-order valence-electron chi connectivity index (χ4n) is 1.36. The summed E-state index contributed by atoms with van der Waals surface area (Å²) >= 11 is 3.41. The number of aliphatic imine (C=N–C) groups is 1. The maximum absolute atomic E-state index is 5.61. The fraction of sp³-hybridized carbons (Fsp3) is 0.462. The fourth-order valence-corrected chi connectivity index (χ4v) is 1.74. The number of nitrogens with one attached hydrogen (secondary N) is 2. The van der Waals surface area contributed by atoms with E-state index in [0.717, 1.165) is 35.7 Å². The Bertz CT molecular complexity index is 388. The van der Waals surface area contributed by atoms with Crippen molar-refractivity contribution >= 4 is 45.9 Å². The number of hydrogen-bond acceptors (Lipinski definition) is 2. The number of guanidine groups is 1. The first kappa shape index (κ1) is 18.5. The first-order valence-corrected chi connectivity index (χ1v) is 6.88. The molecule has 0 aromatic heterocycles. The molecular formula is C13H21BrIN3O. The number of nitrogens with zero attached hydrogens (tertiary/aromatic N) is 1. The van der Waals surface area contributed by atoms with Crippen LogP contribution in [0.25, 0.3) is 0 Å². The van der Waals surface area contributed by atoms with Crippen LogP contribution in [-0.2, 0) is 0 Å². The Labute approximate surface area is 140 Å². The standard InChI is InChI=1S/C13H20BrN3O.HI/c1-3-7-16-13(15-2)17-8-9-18-12-6-4-5-11(14)10-12;/h4-6,10H,3,7-9H2,1-2H3,(H2,15,16,17);1H. The average Bonchev–Trinajstić information content (AvgIpc) is 2.38. The Balaban J connectivity index is 0.00000324. The van der Waals surface area contributed by atoms with E-state index in [9.17, 15) is 0 Å². The summed E-state index contributed by atoms with van der Waals surface area (Å²) in [5, 5.41) is 6.39. The molecule has 1 rings (SSSR count). The van der Waals surface area contributed by atoms with Crippen molar-refractivity contribution in [2.24, 2.45) is 4.99 Å². The molecule has 0 radical (unpaired) electrons. The summed E-state index contributed by atoms with van der Waals surface area (Å²) in [4.78, 5) is 4.12. The molecule has 1 aromatic carbocycles. The molecule has 6 heteroatoms. The Morgan fingerprint density at radius 3 is 2.68 bits per heavy atom. The highest BCUT2D eigenvalue weighted by atomic mass is 127. The quantitative estimate of drug-likeness (QED) is 0.308. The molecule has 0 heterocycles. The molecule has 0 saturated heterocycles. The van der Waals surface area contributed by atoms with Crippen LogP contribution in [0, 0.1) is 0 Å². The van der Waals surface area contributed by atoms with Crippen molar-refractivity contribution in [2.75, 3.05) is 26.7 Å². The molecule has 2 N–H and O–H groups in total. The second-order valence-electron chi connectivity index (χ2n) is 3.73. The average molecular weight is 442 g/mol. The molecule has 4 nitrogen and oxygen atoms in total. The monoisotopic (exact) mass is 441 g/mol. The van der Waals surface area contributed by atoms with Gasteiger partial charge in [-0.15, -0.1) is 24.0 Å². The second kappa shape index (κ2) is 11.3. The van der Waals surface area contributed by atoms with Crippen molar-refractivity contribution in [1.29, 1.82) is 0 Å². The van der Waals surface area contributed by atoms with Gasteiger partial charge in [-0.25, -0.2) is 0 Å². The minimum absolute atomic E-state index is 0. The molecule has 0 atom stereocenters. The molecule has 0 bridgehead atoms. The van der Waals surface area contributed by atoms with Crippen molar-refractivity contribution in [2.45, 2.75) is 13.3 Å². The third-order valence-corrected chi connectivity index (χ3v) is 2.72. The van der Waals surface area contributed by atoms with Gasteiger partial charge in [-0.05, 0) is 24.6 Å². The van der Waals surface area contributed by atoms with E-state index < -0.39 is 0 Å². The van der Waals surface area contributed by atoms with E-state index in [0.29, 0.717) is 6.61 Å². The van der Waals surface area contributed by atoms with E-state index in [-0.39, 0.29) is 24.0 Å². The molecule has 0 saturated carbocycles. The SMILES string of the molecule is CCCNC(=NC)NCCOc1cccc(Br)c1.I. The summed E-state index contributed by atoms with van der Waals surface area (Å²) in [6, 6.07) is 7.81. The van der Waals surface area contributed by atoms with Gasteiger partial charge in [0.1, 0.15) is 12.4 Å². The molecule has 0 unspecified atom stereocenters. The highest BCUT2D eigenvalue weighted by Gasteiger charge is 1.97. The van der Waals surface area contributed by atoms with E-state index >= 15 is 0 Å². The van der Waals surface area contributed by atoms with Gasteiger partial charge in [0, 0.05) is 18.1 Å². The minimum Gasteiger partial charge on any atom is -0.492 e. The van der Waals surface area contributed by atoms with Gasteiger partial charge < -0.3 is 15.4 Å². The lowest BCUT2D eigenvalue weighted by molar-refractivity contribution is 0.321. The van der Waals surface area contributed by atoms with Gasteiger partial charge in [0.05, 0.1) is 6.54 Å². The number of rotatable bonds is 6. The van der Waals surface area contributed by atoms with Crippen LogP contribution in [0.2, 0.25) is 0 Å². The smallest absolute Gasteiger partial charge is 0.191 e. The molecule has 0 aliphatic rings. The largest absolute Gasteiger partial charge is 0.492 e. The van der Waals surface area contributed by atoms with E-state index in [4.69, 9.17) is 4.74 Å². The Morgan fingerprint density at radius 2 is 2.05 bits per heavy atom. The third-order valence-electron chi connectivity index (χ3n) is 2.23. The summed E-state index contributed by atoms with van der Waals surface area (Å²) in [5.74, 6) is 1.68. The normalized spacial score (nSPS) is 10.6. The highest BCUT2D eigenvalue weighted by molar-refractivity contribution is 14.0. The summed E-state index contributed by atoms with van der Waals surface area (Å²) < 4.78 is 6.63. The molecular weight excluding hydrogens is 421 g/mol. The summed E-state index contributed by atoms with van der Waals surface area (Å²) in [6.45, 7) is 4.36. The first-order valence-electron chi connectivity index (χ1n) is 6.09. The Morgan fingerprint density at radius 1 is 1.32 bits per heavy atom. The van der Waals surface area contributed by atoms with Crippen molar-refractivity contribution in [3.63, 3.8) is 0 Å². The van der Waals surface area contributed by atoms with Crippen molar-refractivity contribution < 1.29 is 4.74 Å². The zero-order valence-electron chi connectivity index (χ0n) is 11.3. The number of halogens is 2. The van der Waals surface area contributed by atoms with Gasteiger partial charge in [-0.1, -0.05) is 28.9 Å². The molecule has 0 aliphatic carbocycles. The maximum atomic E-state index is 5.61. The number of hydrogen-bond donors (Lipinski definition) is 2. The lowest BCUT2D eigenvalue weighted by atomic mass is 10.3. The highest BCUT2D eigenvalue weighted by Crippen LogP contribution is 2.17. The molecule has 0 spiro atoms. The van der Waals surface area contributed by atoms with Crippen LogP contribution in [0.15, 0.2) is 33.7 Å². The van der Waals surface area contributed by atoms with E-state index in [1.54, 1.807) is 7.05 Å². The molecule has 0 aliphatic heterocycles. The number of ether oxygens (including phenoxy) is 1. The predicted molar refractivity (Wildman–Crippen MR) is 94.7 cm³/mol. The molecule has 0 amide bonds. The predicted octanol–water partition coefficient (Wildman–Crippen LogP) is 3.02. The van der Waals surface area contributed by atoms with Crippen LogP contribution in [0.4, 0.5) is 0 Å². The van der Waals surface area contributed by atoms with Crippen LogP contribution in [0.1, 0.15) is 13.3 Å². The van der Waals surface area contributed by atoms with Crippen LogP contribution < -0.4 is 15.4 Å². The zero-order chi connectivity index (χ0) is 13.2. The van der Waals surface area contributed by atoms with E-state index in [1.165, 1.54) is 0 Å². The van der Waals surface area contributed by atoms with Gasteiger partial charge in [-0.2, -0.15) is 0 Å². The van der Waals surface area contributed by atoms with Crippen LogP contribution in [0.5, 0.6) is 5.75 Å². The first-order chi connectivity index (χ1) is 8.76. The van der Waals surface area contributed by atoms with Gasteiger partial charge in [0.15, 0.2) is 5.96 Å². The Hall–Kier alpha value is -0.500. The lowest BCUT2D eigenvalue weighted by Crippen LogP contribution is -2.39. The molecule has 0 fully saturated rings. The van der Waals surface area contributed by atoms with E-state index in [2.05, 4.69) is 38.5 Å². The molecule has 108 valence electrons. The number of benzene rings is 1. The maximum Gasteiger partial charge on any atom is 0.191 e. The summed E-state index contributed by atoms with van der Waals surface area (Å²) in [6.07, 6.45) is 1.08. The summed E-state index contributed by atoms with van der Waals surface area (Å²) in [5.41, 5.74) is 0. The zero-order valence-corrected chi connectivity index (χ0v) is 15.2. The van der Waals surface area contributed by atoms with Crippen LogP contribution >= 0.6 is 39.9 Å². The Kier molecular flexibility index (Phi) is 11.0. The van der Waals surface area contributed by atoms with Crippen molar-refractivity contribution in [3.05, 3.63) is 28.7 Å². The van der Waals surface area contributed by atoms with Gasteiger partial charge in [0.2, 0.25) is 0 Å². The third kappa shape index (κ3) is 8.30. The second-order valence-corrected chi connectivity index (χ2v) is 4.65. The minimum atomic E-state index is 0. The molecule has 1 aromatic rings. The summed E-state index contributed by atoms with van der Waals surface area (Å²) in [7, 11) is 1.76.